The molecule has 0 aromatic heterocycles. The van der Waals surface area contributed by atoms with Crippen LogP contribution in [0.3, 0.4) is 0 Å². The van der Waals surface area contributed by atoms with Gasteiger partial charge in [0.25, 0.3) is 0 Å². The Balaban J connectivity index is 1.73. The van der Waals surface area contributed by atoms with Gasteiger partial charge in [0.05, 0.1) is 25.2 Å². The summed E-state index contributed by atoms with van der Waals surface area (Å²) in [6, 6.07) is 9.17. The predicted octanol–water partition coefficient (Wildman–Crippen LogP) is 3.71. The molecular weight excluding hydrogens is 332 g/mol. The van der Waals surface area contributed by atoms with Crippen LogP contribution < -0.4 is 14.2 Å². The summed E-state index contributed by atoms with van der Waals surface area (Å²) in [6.07, 6.45) is 1.14. The van der Waals surface area contributed by atoms with Crippen molar-refractivity contribution in [3.8, 4) is 23.0 Å². The number of fused-ring (bicyclic) bond motifs is 5. The highest BCUT2D eigenvalue weighted by atomic mass is 16.5. The third-order valence-corrected chi connectivity index (χ3v) is 5.19. The molecule has 0 spiro atoms. The molecule has 2 aromatic carbocycles. The number of phenols is 1. The van der Waals surface area contributed by atoms with Gasteiger partial charge in [-0.05, 0) is 44.9 Å². The van der Waals surface area contributed by atoms with Gasteiger partial charge in [-0.25, -0.2) is 0 Å². The first-order valence-electron chi connectivity index (χ1n) is 8.92. The Kier molecular flexibility index (Phi) is 3.99. The van der Waals surface area contributed by atoms with Crippen molar-refractivity contribution >= 4 is 0 Å². The van der Waals surface area contributed by atoms with E-state index in [-0.39, 0.29) is 17.8 Å². The monoisotopic (exact) mass is 356 g/mol. The van der Waals surface area contributed by atoms with Gasteiger partial charge in [-0.15, -0.1) is 0 Å². The number of aliphatic hydroxyl groups is 1. The van der Waals surface area contributed by atoms with Crippen molar-refractivity contribution in [2.75, 3.05) is 13.7 Å². The minimum Gasteiger partial charge on any atom is -0.508 e. The van der Waals surface area contributed by atoms with Gasteiger partial charge in [0.1, 0.15) is 29.1 Å². The molecule has 0 fully saturated rings. The highest BCUT2D eigenvalue weighted by Crippen LogP contribution is 2.54. The molecule has 0 aliphatic carbocycles. The van der Waals surface area contributed by atoms with E-state index in [4.69, 9.17) is 14.2 Å². The second-order valence-corrected chi connectivity index (χ2v) is 7.66. The molecule has 0 saturated heterocycles. The largest absolute Gasteiger partial charge is 0.508 e. The van der Waals surface area contributed by atoms with Crippen LogP contribution in [0, 0.1) is 0 Å². The lowest BCUT2D eigenvalue weighted by atomic mass is 9.88. The van der Waals surface area contributed by atoms with E-state index in [9.17, 15) is 10.2 Å². The molecule has 2 aliphatic rings. The van der Waals surface area contributed by atoms with E-state index in [2.05, 4.69) is 0 Å². The van der Waals surface area contributed by atoms with Gasteiger partial charge in [0.15, 0.2) is 0 Å². The fourth-order valence-electron chi connectivity index (χ4n) is 3.81. The molecule has 2 N–H and O–H groups in total. The molecule has 0 radical (unpaired) electrons. The maximum atomic E-state index is 10.1. The van der Waals surface area contributed by atoms with Crippen molar-refractivity contribution in [3.63, 3.8) is 0 Å². The zero-order valence-corrected chi connectivity index (χ0v) is 15.3. The SMILES string of the molecule is COc1ccc2c(c1CCC(C)(C)O)O[C@H]1c3ccc(O)cc3OC[C@@H]21. The first kappa shape index (κ1) is 17.0. The second-order valence-electron chi connectivity index (χ2n) is 7.66. The van der Waals surface area contributed by atoms with Crippen LogP contribution in [0.2, 0.25) is 0 Å². The lowest BCUT2D eigenvalue weighted by Crippen LogP contribution is -2.23. The molecule has 5 nitrogen and oxygen atoms in total. The van der Waals surface area contributed by atoms with Crippen LogP contribution in [0.1, 0.15) is 49.0 Å². The van der Waals surface area contributed by atoms with Crippen LogP contribution in [-0.2, 0) is 6.42 Å². The molecule has 2 aliphatic heterocycles. The third-order valence-electron chi connectivity index (χ3n) is 5.19. The molecular formula is C21H24O5. The third kappa shape index (κ3) is 2.86. The first-order valence-corrected chi connectivity index (χ1v) is 8.92. The molecule has 0 bridgehead atoms. The summed E-state index contributed by atoms with van der Waals surface area (Å²) in [7, 11) is 1.65. The molecule has 0 amide bonds. The van der Waals surface area contributed by atoms with Crippen LogP contribution >= 0.6 is 0 Å². The molecule has 2 atom stereocenters. The van der Waals surface area contributed by atoms with Crippen molar-refractivity contribution in [2.24, 2.45) is 0 Å². The van der Waals surface area contributed by atoms with Crippen LogP contribution in [0.5, 0.6) is 23.0 Å². The number of benzene rings is 2. The smallest absolute Gasteiger partial charge is 0.138 e. The lowest BCUT2D eigenvalue weighted by molar-refractivity contribution is 0.0709. The first-order chi connectivity index (χ1) is 12.4. The summed E-state index contributed by atoms with van der Waals surface area (Å²) >= 11 is 0. The number of ether oxygens (including phenoxy) is 3. The Morgan fingerprint density at radius 2 is 1.96 bits per heavy atom. The summed E-state index contributed by atoms with van der Waals surface area (Å²) in [5.41, 5.74) is 2.29. The Labute approximate surface area is 153 Å². The number of methoxy groups -OCH3 is 1. The van der Waals surface area contributed by atoms with Gasteiger partial charge in [0.2, 0.25) is 0 Å². The zero-order valence-electron chi connectivity index (χ0n) is 15.3. The van der Waals surface area contributed by atoms with Gasteiger partial charge in [-0.3, -0.25) is 0 Å². The van der Waals surface area contributed by atoms with E-state index in [1.54, 1.807) is 33.1 Å². The van der Waals surface area contributed by atoms with E-state index in [0.29, 0.717) is 25.2 Å². The minimum absolute atomic E-state index is 0.105. The number of hydrogen-bond acceptors (Lipinski definition) is 5. The normalized spacial score (nSPS) is 20.5. The van der Waals surface area contributed by atoms with Crippen molar-refractivity contribution in [3.05, 3.63) is 47.0 Å². The maximum absolute atomic E-state index is 10.1. The summed E-state index contributed by atoms with van der Waals surface area (Å²) in [6.45, 7) is 4.12. The Bertz CT molecular complexity index is 837. The van der Waals surface area contributed by atoms with E-state index in [1.807, 2.05) is 18.2 Å². The topological polar surface area (TPSA) is 68.2 Å². The van der Waals surface area contributed by atoms with Crippen LogP contribution in [0.25, 0.3) is 0 Å². The Morgan fingerprint density at radius 3 is 2.69 bits per heavy atom. The van der Waals surface area contributed by atoms with Crippen LogP contribution in [-0.4, -0.2) is 29.5 Å². The number of rotatable bonds is 4. The van der Waals surface area contributed by atoms with Crippen molar-refractivity contribution in [1.29, 1.82) is 0 Å². The molecule has 2 aromatic rings. The van der Waals surface area contributed by atoms with Crippen molar-refractivity contribution < 1.29 is 24.4 Å². The Morgan fingerprint density at radius 1 is 1.19 bits per heavy atom. The van der Waals surface area contributed by atoms with Gasteiger partial charge >= 0.3 is 0 Å². The summed E-state index contributed by atoms with van der Waals surface area (Å²) in [5, 5.41) is 19.8. The second kappa shape index (κ2) is 6.09. The van der Waals surface area contributed by atoms with Crippen LogP contribution in [0.15, 0.2) is 30.3 Å². The molecule has 26 heavy (non-hydrogen) atoms. The van der Waals surface area contributed by atoms with E-state index in [0.717, 1.165) is 28.2 Å². The van der Waals surface area contributed by atoms with Gasteiger partial charge in [-0.2, -0.15) is 0 Å². The lowest BCUT2D eigenvalue weighted by Gasteiger charge is -2.27. The Hall–Kier alpha value is -2.40. The van der Waals surface area contributed by atoms with E-state index in [1.165, 1.54) is 0 Å². The molecule has 5 heteroatoms. The molecule has 4 rings (SSSR count). The van der Waals surface area contributed by atoms with Crippen molar-refractivity contribution in [2.45, 2.75) is 44.3 Å². The molecule has 2 heterocycles. The average molecular weight is 356 g/mol. The van der Waals surface area contributed by atoms with Gasteiger partial charge in [0, 0.05) is 22.8 Å². The molecule has 138 valence electrons. The summed E-state index contributed by atoms with van der Waals surface area (Å²) < 4.78 is 17.8. The fraction of sp³-hybridized carbons (Fsp3) is 0.429. The van der Waals surface area contributed by atoms with E-state index >= 15 is 0 Å². The number of aromatic hydroxyl groups is 1. The highest BCUT2D eigenvalue weighted by Gasteiger charge is 2.42. The summed E-state index contributed by atoms with van der Waals surface area (Å²) in [5.74, 6) is 2.58. The van der Waals surface area contributed by atoms with Crippen LogP contribution in [0.4, 0.5) is 0 Å². The van der Waals surface area contributed by atoms with Crippen molar-refractivity contribution in [1.82, 2.24) is 0 Å². The number of phenolic OH excluding ortho intramolecular Hbond substituents is 1. The minimum atomic E-state index is -0.758. The number of hydrogen-bond donors (Lipinski definition) is 2. The average Bonchev–Trinajstić information content (AvgIpc) is 2.97. The standard InChI is InChI=1S/C21H24O5/c1-21(2,23)9-8-15-17(24-3)7-6-13-16-11-25-18-10-12(22)4-5-14(18)20(16)26-19(13)15/h4-7,10,16,20,22-23H,8-9,11H2,1-3H3/t16-,20-/m0/s1. The van der Waals surface area contributed by atoms with Gasteiger partial charge < -0.3 is 24.4 Å². The zero-order chi connectivity index (χ0) is 18.5. The van der Waals surface area contributed by atoms with Gasteiger partial charge in [-0.1, -0.05) is 6.07 Å². The highest BCUT2D eigenvalue weighted by molar-refractivity contribution is 5.57. The quantitative estimate of drug-likeness (QED) is 0.874. The predicted molar refractivity (Wildman–Crippen MR) is 97.3 cm³/mol. The fourth-order valence-corrected chi connectivity index (χ4v) is 3.81. The molecule has 0 unspecified atom stereocenters. The summed E-state index contributed by atoms with van der Waals surface area (Å²) in [4.78, 5) is 0. The maximum Gasteiger partial charge on any atom is 0.138 e. The molecule has 0 saturated carbocycles. The van der Waals surface area contributed by atoms with E-state index < -0.39 is 5.60 Å².